The van der Waals surface area contributed by atoms with Gasteiger partial charge in [0.05, 0.1) is 5.02 Å². The molecule has 5 nitrogen and oxygen atoms in total. The molecule has 1 N–H and O–H groups in total. The van der Waals surface area contributed by atoms with E-state index in [-0.39, 0.29) is 23.4 Å². The van der Waals surface area contributed by atoms with E-state index in [1.54, 1.807) is 12.3 Å². The number of nitrogens with zero attached hydrogens (tertiary/aromatic N) is 2. The van der Waals surface area contributed by atoms with Gasteiger partial charge in [-0.15, -0.1) is 0 Å². The molecule has 0 radical (unpaired) electrons. The number of halogens is 2. The maximum absolute atomic E-state index is 13.2. The van der Waals surface area contributed by atoms with Crippen LogP contribution >= 0.6 is 11.6 Å². The second-order valence-electron chi connectivity index (χ2n) is 6.49. The first-order chi connectivity index (χ1) is 14.6. The summed E-state index contributed by atoms with van der Waals surface area (Å²) in [4.78, 5) is 12.5. The lowest BCUT2D eigenvalue weighted by Crippen LogP contribution is -2.14. The summed E-state index contributed by atoms with van der Waals surface area (Å²) >= 11 is 5.73. The molecule has 0 saturated carbocycles. The lowest BCUT2D eigenvalue weighted by molar-refractivity contribution is 0.102. The molecule has 0 atom stereocenters. The monoisotopic (exact) mass is 421 g/mol. The van der Waals surface area contributed by atoms with Gasteiger partial charge in [0.2, 0.25) is 0 Å². The first kappa shape index (κ1) is 19.7. The van der Waals surface area contributed by atoms with Crippen molar-refractivity contribution in [2.75, 3.05) is 5.32 Å². The summed E-state index contributed by atoms with van der Waals surface area (Å²) in [5.74, 6) is -0.439. The number of hydrogen-bond acceptors (Lipinski definition) is 3. The molecule has 150 valence electrons. The zero-order chi connectivity index (χ0) is 20.9. The van der Waals surface area contributed by atoms with Crippen LogP contribution in [0.1, 0.15) is 10.5 Å². The van der Waals surface area contributed by atoms with Gasteiger partial charge in [0, 0.05) is 18.0 Å². The number of carbonyl (C=O) groups is 1. The van der Waals surface area contributed by atoms with Crippen molar-refractivity contribution in [1.29, 1.82) is 0 Å². The molecule has 0 saturated heterocycles. The molecule has 0 aliphatic heterocycles. The fourth-order valence-electron chi connectivity index (χ4n) is 2.83. The van der Waals surface area contributed by atoms with Gasteiger partial charge >= 0.3 is 0 Å². The van der Waals surface area contributed by atoms with E-state index in [2.05, 4.69) is 10.4 Å². The minimum absolute atomic E-state index is 0.0219. The molecule has 0 spiro atoms. The maximum atomic E-state index is 13.2. The molecule has 30 heavy (non-hydrogen) atoms. The average molecular weight is 422 g/mol. The SMILES string of the molecule is O=C(Nc1ccc(-c2ccccc2)cc1)c1ccn(COc2ccc(F)c(Cl)c2)n1. The van der Waals surface area contributed by atoms with Gasteiger partial charge in [0.15, 0.2) is 12.4 Å². The van der Waals surface area contributed by atoms with Crippen molar-refractivity contribution in [2.45, 2.75) is 6.73 Å². The van der Waals surface area contributed by atoms with Crippen LogP contribution in [0.5, 0.6) is 5.75 Å². The summed E-state index contributed by atoms with van der Waals surface area (Å²) in [7, 11) is 0. The van der Waals surface area contributed by atoms with Crippen LogP contribution in [0.2, 0.25) is 5.02 Å². The van der Waals surface area contributed by atoms with Crippen molar-refractivity contribution >= 4 is 23.2 Å². The van der Waals surface area contributed by atoms with Crippen LogP contribution < -0.4 is 10.1 Å². The average Bonchev–Trinajstić information content (AvgIpc) is 3.25. The van der Waals surface area contributed by atoms with Crippen LogP contribution in [-0.4, -0.2) is 15.7 Å². The van der Waals surface area contributed by atoms with Crippen LogP contribution in [0.4, 0.5) is 10.1 Å². The fraction of sp³-hybridized carbons (Fsp3) is 0.0435. The number of nitrogens with one attached hydrogen (secondary N) is 1. The Kier molecular flexibility index (Phi) is 5.77. The Labute approximate surface area is 177 Å². The van der Waals surface area contributed by atoms with Crippen molar-refractivity contribution < 1.29 is 13.9 Å². The van der Waals surface area contributed by atoms with Gasteiger partial charge < -0.3 is 10.1 Å². The predicted molar refractivity (Wildman–Crippen MR) is 114 cm³/mol. The van der Waals surface area contributed by atoms with E-state index in [1.165, 1.54) is 22.9 Å². The van der Waals surface area contributed by atoms with Crippen molar-refractivity contribution in [3.63, 3.8) is 0 Å². The lowest BCUT2D eigenvalue weighted by atomic mass is 10.1. The van der Waals surface area contributed by atoms with Crippen LogP contribution in [0.3, 0.4) is 0 Å². The highest BCUT2D eigenvalue weighted by molar-refractivity contribution is 6.30. The standard InChI is InChI=1S/C23H17ClFN3O2/c24-20-14-19(10-11-21(20)25)30-15-28-13-12-22(27-28)23(29)26-18-8-6-17(7-9-18)16-4-2-1-3-5-16/h1-14H,15H2,(H,26,29). The quantitative estimate of drug-likeness (QED) is 0.439. The Bertz CT molecular complexity index is 1160. The minimum atomic E-state index is -0.515. The Hall–Kier alpha value is -3.64. The van der Waals surface area contributed by atoms with E-state index in [0.717, 1.165) is 11.1 Å². The molecule has 0 unspecified atom stereocenters. The van der Waals surface area contributed by atoms with Gasteiger partial charge in [-0.25, -0.2) is 9.07 Å². The molecular weight excluding hydrogens is 405 g/mol. The van der Waals surface area contributed by atoms with Crippen molar-refractivity contribution in [1.82, 2.24) is 9.78 Å². The summed E-state index contributed by atoms with van der Waals surface area (Å²) < 4.78 is 20.2. The third-order valence-electron chi connectivity index (χ3n) is 4.38. The highest BCUT2D eigenvalue weighted by atomic mass is 35.5. The third-order valence-corrected chi connectivity index (χ3v) is 4.67. The molecule has 7 heteroatoms. The van der Waals surface area contributed by atoms with Crippen LogP contribution in [-0.2, 0) is 6.73 Å². The molecule has 0 fully saturated rings. The fourth-order valence-corrected chi connectivity index (χ4v) is 3.00. The molecule has 1 heterocycles. The second-order valence-corrected chi connectivity index (χ2v) is 6.89. The molecule has 4 aromatic rings. The number of anilines is 1. The lowest BCUT2D eigenvalue weighted by Gasteiger charge is -2.07. The molecule has 1 aromatic heterocycles. The first-order valence-electron chi connectivity index (χ1n) is 9.17. The van der Waals surface area contributed by atoms with Gasteiger partial charge in [0.25, 0.3) is 5.91 Å². The van der Waals surface area contributed by atoms with Crippen LogP contribution in [0, 0.1) is 5.82 Å². The number of amides is 1. The highest BCUT2D eigenvalue weighted by Gasteiger charge is 2.11. The first-order valence-corrected chi connectivity index (χ1v) is 9.54. The highest BCUT2D eigenvalue weighted by Crippen LogP contribution is 2.22. The smallest absolute Gasteiger partial charge is 0.276 e. The number of carbonyl (C=O) groups excluding carboxylic acids is 1. The zero-order valence-electron chi connectivity index (χ0n) is 15.8. The van der Waals surface area contributed by atoms with E-state index in [9.17, 15) is 9.18 Å². The van der Waals surface area contributed by atoms with E-state index in [0.29, 0.717) is 11.4 Å². The van der Waals surface area contributed by atoms with Crippen molar-refractivity contribution in [3.8, 4) is 16.9 Å². The third kappa shape index (κ3) is 4.67. The number of aromatic nitrogens is 2. The number of rotatable bonds is 6. The van der Waals surface area contributed by atoms with E-state index in [1.807, 2.05) is 54.6 Å². The van der Waals surface area contributed by atoms with Gasteiger partial charge in [0.1, 0.15) is 11.6 Å². The Morgan fingerprint density at radius 1 is 1.00 bits per heavy atom. The molecule has 3 aromatic carbocycles. The normalized spacial score (nSPS) is 10.6. The van der Waals surface area contributed by atoms with Gasteiger partial charge in [-0.1, -0.05) is 54.1 Å². The Balaban J connectivity index is 1.36. The predicted octanol–water partition coefficient (Wildman–Crippen LogP) is 5.63. The minimum Gasteiger partial charge on any atom is -0.471 e. The molecular formula is C23H17ClFN3O2. The molecule has 1 amide bonds. The van der Waals surface area contributed by atoms with Crippen molar-refractivity contribution in [3.05, 3.63) is 102 Å². The number of hydrogen-bond donors (Lipinski definition) is 1. The van der Waals surface area contributed by atoms with Gasteiger partial charge in [-0.2, -0.15) is 5.10 Å². The van der Waals surface area contributed by atoms with Crippen LogP contribution in [0.25, 0.3) is 11.1 Å². The molecule has 4 rings (SSSR count). The maximum Gasteiger partial charge on any atom is 0.276 e. The summed E-state index contributed by atoms with van der Waals surface area (Å²) in [6.07, 6.45) is 1.62. The topological polar surface area (TPSA) is 56.2 Å². The van der Waals surface area contributed by atoms with Gasteiger partial charge in [-0.05, 0) is 41.5 Å². The molecule has 0 aliphatic rings. The van der Waals surface area contributed by atoms with E-state index >= 15 is 0 Å². The van der Waals surface area contributed by atoms with Gasteiger partial charge in [-0.3, -0.25) is 4.79 Å². The second kappa shape index (κ2) is 8.80. The van der Waals surface area contributed by atoms with Crippen molar-refractivity contribution in [2.24, 2.45) is 0 Å². The number of ether oxygens (including phenoxy) is 1. The van der Waals surface area contributed by atoms with Crippen LogP contribution in [0.15, 0.2) is 85.1 Å². The van der Waals surface area contributed by atoms with E-state index in [4.69, 9.17) is 16.3 Å². The summed E-state index contributed by atoms with van der Waals surface area (Å²) in [5.41, 5.74) is 3.10. The summed E-state index contributed by atoms with van der Waals surface area (Å²) in [5, 5.41) is 7.00. The Morgan fingerprint density at radius 3 is 2.47 bits per heavy atom. The Morgan fingerprint density at radius 2 is 1.73 bits per heavy atom. The summed E-state index contributed by atoms with van der Waals surface area (Å²) in [6, 6.07) is 23.3. The largest absolute Gasteiger partial charge is 0.471 e. The molecule has 0 bridgehead atoms. The summed E-state index contributed by atoms with van der Waals surface area (Å²) in [6.45, 7) is 0.0566. The van der Waals surface area contributed by atoms with E-state index < -0.39 is 5.82 Å². The zero-order valence-corrected chi connectivity index (χ0v) is 16.5. The molecule has 0 aliphatic carbocycles. The number of benzene rings is 3.